The number of allylic oxidation sites excluding steroid dienone is 12. The Bertz CT molecular complexity index is 1370. The van der Waals surface area contributed by atoms with Gasteiger partial charge >= 0.3 is 17.9 Å². The van der Waals surface area contributed by atoms with Crippen molar-refractivity contribution in [1.82, 2.24) is 0 Å². The average molecular weight is 929 g/mol. The molecule has 0 radical (unpaired) electrons. The van der Waals surface area contributed by atoms with Crippen molar-refractivity contribution in [3.05, 3.63) is 72.9 Å². The Kier molecular flexibility index (Phi) is 40.6. The Labute approximate surface area is 399 Å². The SMILES string of the molecule is CC/C=C\C/C=C\C/C=C\C/C=C\C/C=C\C/C=C\CCC(=O)OCC(COC1OC(C(=O)O)C(O)C(O)C1O)OC(=O)CCCCCCCCCCCCCCCCCCCCCCC. The zero-order valence-corrected chi connectivity index (χ0v) is 41.2. The van der Waals surface area contributed by atoms with E-state index in [1.807, 2.05) is 12.2 Å². The number of carbonyl (C=O) groups is 3. The molecule has 1 aliphatic heterocycles. The summed E-state index contributed by atoms with van der Waals surface area (Å²) in [5.74, 6) is -2.55. The van der Waals surface area contributed by atoms with E-state index in [0.717, 1.165) is 57.8 Å². The van der Waals surface area contributed by atoms with Gasteiger partial charge in [0.05, 0.1) is 6.61 Å². The number of carbonyl (C=O) groups excluding carboxylic acids is 2. The first-order valence-corrected chi connectivity index (χ1v) is 26.0. The zero-order chi connectivity index (χ0) is 48.1. The van der Waals surface area contributed by atoms with Crippen LogP contribution >= 0.6 is 0 Å². The number of hydrogen-bond acceptors (Lipinski definition) is 10. The predicted molar refractivity (Wildman–Crippen MR) is 266 cm³/mol. The smallest absolute Gasteiger partial charge is 0.335 e. The number of hydrogen-bond donors (Lipinski definition) is 4. The minimum atomic E-state index is -1.87. The Morgan fingerprint density at radius 3 is 1.32 bits per heavy atom. The van der Waals surface area contributed by atoms with Crippen molar-refractivity contribution in [2.24, 2.45) is 0 Å². The van der Waals surface area contributed by atoms with Gasteiger partial charge in [-0.15, -0.1) is 0 Å². The summed E-state index contributed by atoms with van der Waals surface area (Å²) in [5.41, 5.74) is 0. The minimum absolute atomic E-state index is 0.109. The van der Waals surface area contributed by atoms with Gasteiger partial charge in [-0.3, -0.25) is 9.59 Å². The topological polar surface area (TPSA) is 169 Å². The molecule has 0 spiro atoms. The van der Waals surface area contributed by atoms with Crippen molar-refractivity contribution in [1.29, 1.82) is 0 Å². The molecule has 0 amide bonds. The molecule has 0 aromatic heterocycles. The molecule has 11 nitrogen and oxygen atoms in total. The summed E-state index contributed by atoms with van der Waals surface area (Å²) in [6, 6.07) is 0. The molecule has 1 heterocycles. The Balaban J connectivity index is 2.34. The van der Waals surface area contributed by atoms with E-state index in [-0.39, 0.29) is 19.4 Å². The maximum absolute atomic E-state index is 12.8. The second kappa shape index (κ2) is 44.2. The van der Waals surface area contributed by atoms with E-state index >= 15 is 0 Å². The molecule has 1 aliphatic rings. The molecule has 0 aliphatic carbocycles. The normalized spacial score (nSPS) is 19.7. The summed E-state index contributed by atoms with van der Waals surface area (Å²) in [6.07, 6.45) is 48.2. The molecule has 66 heavy (non-hydrogen) atoms. The van der Waals surface area contributed by atoms with Crippen LogP contribution in [0.5, 0.6) is 0 Å². The summed E-state index contributed by atoms with van der Waals surface area (Å²) in [4.78, 5) is 37.0. The largest absolute Gasteiger partial charge is 0.479 e. The third kappa shape index (κ3) is 34.9. The summed E-state index contributed by atoms with van der Waals surface area (Å²) in [5, 5.41) is 39.9. The van der Waals surface area contributed by atoms with Crippen LogP contribution in [0.15, 0.2) is 72.9 Å². The van der Waals surface area contributed by atoms with Crippen LogP contribution in [0.25, 0.3) is 0 Å². The summed E-state index contributed by atoms with van der Waals surface area (Å²) < 4.78 is 21.7. The first kappa shape index (κ1) is 60.7. The first-order valence-electron chi connectivity index (χ1n) is 26.0. The molecule has 0 saturated carbocycles. The van der Waals surface area contributed by atoms with Gasteiger partial charge in [0.15, 0.2) is 18.5 Å². The molecule has 1 fully saturated rings. The second-order valence-electron chi connectivity index (χ2n) is 17.6. The maximum Gasteiger partial charge on any atom is 0.335 e. The summed E-state index contributed by atoms with van der Waals surface area (Å²) in [7, 11) is 0. The van der Waals surface area contributed by atoms with Crippen molar-refractivity contribution in [3.63, 3.8) is 0 Å². The fourth-order valence-corrected chi connectivity index (χ4v) is 7.55. The van der Waals surface area contributed by atoms with E-state index in [9.17, 15) is 34.8 Å². The third-order valence-electron chi connectivity index (χ3n) is 11.6. The highest BCUT2D eigenvalue weighted by atomic mass is 16.7. The molecular formula is C55H92O11. The van der Waals surface area contributed by atoms with Gasteiger partial charge in [-0.1, -0.05) is 215 Å². The number of aliphatic carboxylic acids is 1. The van der Waals surface area contributed by atoms with Crippen molar-refractivity contribution in [3.8, 4) is 0 Å². The van der Waals surface area contributed by atoms with E-state index in [1.54, 1.807) is 0 Å². The van der Waals surface area contributed by atoms with Crippen LogP contribution in [0.3, 0.4) is 0 Å². The molecule has 0 aromatic carbocycles. The number of esters is 2. The lowest BCUT2D eigenvalue weighted by atomic mass is 9.99. The molecule has 378 valence electrons. The van der Waals surface area contributed by atoms with Crippen LogP contribution in [-0.4, -0.2) is 88.4 Å². The summed E-state index contributed by atoms with van der Waals surface area (Å²) >= 11 is 0. The molecular weight excluding hydrogens is 837 g/mol. The maximum atomic E-state index is 12.8. The molecule has 1 saturated heterocycles. The van der Waals surface area contributed by atoms with E-state index in [2.05, 4.69) is 74.6 Å². The van der Waals surface area contributed by atoms with Gasteiger partial charge in [0.1, 0.15) is 24.9 Å². The fourth-order valence-electron chi connectivity index (χ4n) is 7.55. The highest BCUT2D eigenvalue weighted by Gasteiger charge is 2.47. The van der Waals surface area contributed by atoms with Crippen LogP contribution in [0, 0.1) is 0 Å². The van der Waals surface area contributed by atoms with Gasteiger partial charge < -0.3 is 39.4 Å². The molecule has 0 aromatic rings. The minimum Gasteiger partial charge on any atom is -0.479 e. The fraction of sp³-hybridized carbons (Fsp3) is 0.727. The van der Waals surface area contributed by atoms with Crippen LogP contribution < -0.4 is 0 Å². The third-order valence-corrected chi connectivity index (χ3v) is 11.6. The highest BCUT2D eigenvalue weighted by Crippen LogP contribution is 2.23. The van der Waals surface area contributed by atoms with E-state index in [0.29, 0.717) is 12.8 Å². The standard InChI is InChI=1S/C55H92O11/c1-3-5-7-9-11-13-15-17-19-21-23-24-26-28-30-32-34-36-38-40-42-44-49(57)65-47(46-64-55-52(60)50(58)51(59)53(66-55)54(61)62)45-63-48(56)43-41-39-37-35-33-31-29-27-25-22-20-18-16-14-12-10-8-6-4-2/h6,8,12,14,18,20,25,27,31,33,37,39,47,50-53,55,58-60H,3-5,7,9-11,13,15-17,19,21-24,26,28-30,32,34-36,38,40-46H2,1-2H3,(H,61,62)/b8-6-,14-12-,20-18-,27-25-,33-31-,39-37-. The van der Waals surface area contributed by atoms with Crippen molar-refractivity contribution in [2.45, 2.75) is 243 Å². The number of carboxylic acid groups (broad SMARTS) is 1. The lowest BCUT2D eigenvalue weighted by molar-refractivity contribution is -0.298. The van der Waals surface area contributed by atoms with Gasteiger partial charge in [0.25, 0.3) is 0 Å². The number of unbranched alkanes of at least 4 members (excludes halogenated alkanes) is 20. The van der Waals surface area contributed by atoms with Gasteiger partial charge in [0.2, 0.25) is 0 Å². The predicted octanol–water partition coefficient (Wildman–Crippen LogP) is 12.4. The zero-order valence-electron chi connectivity index (χ0n) is 41.2. The summed E-state index contributed by atoms with van der Waals surface area (Å²) in [6.45, 7) is 3.66. The van der Waals surface area contributed by atoms with Gasteiger partial charge in [-0.2, -0.15) is 0 Å². The molecule has 11 heteroatoms. The van der Waals surface area contributed by atoms with Gasteiger partial charge in [-0.25, -0.2) is 4.79 Å². The van der Waals surface area contributed by atoms with E-state index in [4.69, 9.17) is 18.9 Å². The van der Waals surface area contributed by atoms with Gasteiger partial charge in [0, 0.05) is 12.8 Å². The number of aliphatic hydroxyl groups excluding tert-OH is 3. The Morgan fingerprint density at radius 1 is 0.485 bits per heavy atom. The second-order valence-corrected chi connectivity index (χ2v) is 17.6. The van der Waals surface area contributed by atoms with E-state index in [1.165, 1.54) is 109 Å². The number of aliphatic hydroxyl groups is 3. The number of carboxylic acids is 1. The van der Waals surface area contributed by atoms with Crippen molar-refractivity contribution in [2.75, 3.05) is 13.2 Å². The first-order chi connectivity index (χ1) is 32.2. The van der Waals surface area contributed by atoms with Crippen LogP contribution in [0.2, 0.25) is 0 Å². The van der Waals surface area contributed by atoms with Crippen molar-refractivity contribution >= 4 is 17.9 Å². The van der Waals surface area contributed by atoms with Gasteiger partial charge in [-0.05, 0) is 51.4 Å². The van der Waals surface area contributed by atoms with Crippen molar-refractivity contribution < 1.29 is 53.8 Å². The lowest BCUT2D eigenvalue weighted by Crippen LogP contribution is -2.60. The monoisotopic (exact) mass is 929 g/mol. The molecule has 6 unspecified atom stereocenters. The average Bonchev–Trinajstić information content (AvgIpc) is 3.30. The number of ether oxygens (including phenoxy) is 4. The van der Waals surface area contributed by atoms with Crippen LogP contribution in [-0.2, 0) is 33.3 Å². The molecule has 6 atom stereocenters. The lowest BCUT2D eigenvalue weighted by Gasteiger charge is -2.38. The molecule has 4 N–H and O–H groups in total. The highest BCUT2D eigenvalue weighted by molar-refractivity contribution is 5.73. The Morgan fingerprint density at radius 2 is 0.894 bits per heavy atom. The van der Waals surface area contributed by atoms with Crippen LogP contribution in [0.1, 0.15) is 206 Å². The molecule has 0 bridgehead atoms. The number of rotatable bonds is 43. The van der Waals surface area contributed by atoms with E-state index < -0.39 is 61.3 Å². The quantitative estimate of drug-likeness (QED) is 0.0261. The Hall–Kier alpha value is -3.35. The van der Waals surface area contributed by atoms with Crippen LogP contribution in [0.4, 0.5) is 0 Å². The molecule has 1 rings (SSSR count).